The molecule has 4 aromatic rings. The fraction of sp³-hybridized carbons (Fsp3) is 0.0476. The molecule has 0 saturated carbocycles. The lowest BCUT2D eigenvalue weighted by atomic mass is 10.0. The topological polar surface area (TPSA) is 79.0 Å². The van der Waals surface area contributed by atoms with Gasteiger partial charge in [-0.1, -0.05) is 60.7 Å². The van der Waals surface area contributed by atoms with Crippen LogP contribution in [0, 0.1) is 0 Å². The Bertz CT molecular complexity index is 1180. The summed E-state index contributed by atoms with van der Waals surface area (Å²) in [7, 11) is 0. The van der Waals surface area contributed by atoms with Crippen LogP contribution in [0.2, 0.25) is 0 Å². The fourth-order valence-electron chi connectivity index (χ4n) is 3.47. The van der Waals surface area contributed by atoms with Crippen LogP contribution in [-0.4, -0.2) is 31.9 Å². The van der Waals surface area contributed by atoms with Crippen molar-refractivity contribution in [2.24, 2.45) is 0 Å². The number of nitrogens with zero attached hydrogens (tertiary/aromatic N) is 3. The van der Waals surface area contributed by atoms with Gasteiger partial charge in [0.15, 0.2) is 5.65 Å². The SMILES string of the molecule is O=C1c2cnc3n[nH]c(-c4ccccc4)c3c2C(=O)N1Cc1ccccc1. The van der Waals surface area contributed by atoms with Gasteiger partial charge < -0.3 is 0 Å². The zero-order valence-corrected chi connectivity index (χ0v) is 14.2. The molecule has 6 heteroatoms. The number of hydrogen-bond acceptors (Lipinski definition) is 4. The first-order chi connectivity index (χ1) is 13.2. The van der Waals surface area contributed by atoms with Crippen LogP contribution in [-0.2, 0) is 6.54 Å². The van der Waals surface area contributed by atoms with E-state index in [1.54, 1.807) is 0 Å². The number of aromatic nitrogens is 3. The number of hydrogen-bond donors (Lipinski definition) is 1. The molecule has 130 valence electrons. The maximum absolute atomic E-state index is 13.1. The highest BCUT2D eigenvalue weighted by atomic mass is 16.2. The Hall–Kier alpha value is -3.80. The molecule has 1 aliphatic heterocycles. The maximum atomic E-state index is 13.1. The number of benzene rings is 2. The minimum Gasteiger partial charge on any atom is -0.275 e. The Kier molecular flexibility index (Phi) is 3.36. The predicted octanol–water partition coefficient (Wildman–Crippen LogP) is 3.42. The average molecular weight is 354 g/mol. The van der Waals surface area contributed by atoms with Crippen LogP contribution < -0.4 is 0 Å². The molecule has 0 radical (unpaired) electrons. The van der Waals surface area contributed by atoms with Gasteiger partial charge in [-0.3, -0.25) is 19.6 Å². The van der Waals surface area contributed by atoms with Gasteiger partial charge in [0.2, 0.25) is 0 Å². The Morgan fingerprint density at radius 2 is 1.59 bits per heavy atom. The Morgan fingerprint density at radius 3 is 2.33 bits per heavy atom. The van der Waals surface area contributed by atoms with Crippen LogP contribution in [0.5, 0.6) is 0 Å². The molecule has 27 heavy (non-hydrogen) atoms. The lowest BCUT2D eigenvalue weighted by molar-refractivity contribution is 0.0643. The number of carbonyl (C=O) groups excluding carboxylic acids is 2. The molecule has 6 nitrogen and oxygen atoms in total. The Balaban J connectivity index is 1.66. The highest BCUT2D eigenvalue weighted by Crippen LogP contribution is 2.34. The van der Waals surface area contributed by atoms with Gasteiger partial charge >= 0.3 is 0 Å². The van der Waals surface area contributed by atoms with E-state index in [1.165, 1.54) is 11.1 Å². The quantitative estimate of drug-likeness (QED) is 0.572. The van der Waals surface area contributed by atoms with Crippen LogP contribution in [0.4, 0.5) is 0 Å². The van der Waals surface area contributed by atoms with Crippen molar-refractivity contribution >= 4 is 22.8 Å². The number of pyridine rings is 1. The molecule has 2 amide bonds. The predicted molar refractivity (Wildman–Crippen MR) is 100.0 cm³/mol. The van der Waals surface area contributed by atoms with Crippen molar-refractivity contribution in [3.63, 3.8) is 0 Å². The van der Waals surface area contributed by atoms with Crippen LogP contribution >= 0.6 is 0 Å². The monoisotopic (exact) mass is 354 g/mol. The standard InChI is InChI=1S/C21H14N4O2/c26-20-15-11-22-19-17(18(23-24-19)14-9-5-2-6-10-14)16(15)21(27)25(20)12-13-7-3-1-4-8-13/h1-11H,12H2,(H,22,23,24). The van der Waals surface area contributed by atoms with Crippen molar-refractivity contribution in [1.82, 2.24) is 20.1 Å². The largest absolute Gasteiger partial charge is 0.275 e. The van der Waals surface area contributed by atoms with E-state index >= 15 is 0 Å². The first-order valence-electron chi connectivity index (χ1n) is 8.56. The van der Waals surface area contributed by atoms with Gasteiger partial charge in [0.1, 0.15) is 0 Å². The molecule has 1 aliphatic rings. The summed E-state index contributed by atoms with van der Waals surface area (Å²) in [4.78, 5) is 31.6. The molecule has 0 saturated heterocycles. The van der Waals surface area contributed by atoms with E-state index in [2.05, 4.69) is 15.2 Å². The molecule has 0 fully saturated rings. The summed E-state index contributed by atoms with van der Waals surface area (Å²) in [5, 5.41) is 7.78. The van der Waals surface area contributed by atoms with E-state index in [0.717, 1.165) is 11.1 Å². The second-order valence-electron chi connectivity index (χ2n) is 6.39. The summed E-state index contributed by atoms with van der Waals surface area (Å²) < 4.78 is 0. The Morgan fingerprint density at radius 1 is 0.889 bits per heavy atom. The second kappa shape index (κ2) is 5.88. The minimum absolute atomic E-state index is 0.229. The minimum atomic E-state index is -0.325. The summed E-state index contributed by atoms with van der Waals surface area (Å²) in [5.41, 5.74) is 3.59. The number of H-pyrrole nitrogens is 1. The van der Waals surface area contributed by atoms with Crippen molar-refractivity contribution in [2.75, 3.05) is 0 Å². The number of imide groups is 1. The molecule has 0 atom stereocenters. The van der Waals surface area contributed by atoms with Crippen LogP contribution in [0.1, 0.15) is 26.3 Å². The molecule has 2 aromatic heterocycles. The normalized spacial score (nSPS) is 13.4. The molecule has 0 spiro atoms. The molecule has 5 rings (SSSR count). The number of fused-ring (bicyclic) bond motifs is 3. The van der Waals surface area contributed by atoms with Gasteiger partial charge in [-0.05, 0) is 5.56 Å². The molecule has 0 aliphatic carbocycles. The van der Waals surface area contributed by atoms with E-state index in [-0.39, 0.29) is 18.4 Å². The summed E-state index contributed by atoms with van der Waals surface area (Å²) >= 11 is 0. The summed E-state index contributed by atoms with van der Waals surface area (Å²) in [6.45, 7) is 0.229. The van der Waals surface area contributed by atoms with E-state index < -0.39 is 0 Å². The van der Waals surface area contributed by atoms with Crippen molar-refractivity contribution in [3.05, 3.63) is 83.6 Å². The van der Waals surface area contributed by atoms with Gasteiger partial charge in [-0.2, -0.15) is 5.10 Å². The van der Waals surface area contributed by atoms with Gasteiger partial charge in [0, 0.05) is 11.8 Å². The first kappa shape index (κ1) is 15.5. The Labute approximate surface area is 154 Å². The molecule has 0 unspecified atom stereocenters. The van der Waals surface area contributed by atoms with E-state index in [9.17, 15) is 9.59 Å². The number of amides is 2. The maximum Gasteiger partial charge on any atom is 0.263 e. The van der Waals surface area contributed by atoms with Gasteiger partial charge in [-0.15, -0.1) is 0 Å². The number of nitrogens with one attached hydrogen (secondary N) is 1. The number of aromatic amines is 1. The van der Waals surface area contributed by atoms with Crippen molar-refractivity contribution in [3.8, 4) is 11.3 Å². The van der Waals surface area contributed by atoms with Gasteiger partial charge in [-0.25, -0.2) is 4.98 Å². The molecular formula is C21H14N4O2. The van der Waals surface area contributed by atoms with Crippen molar-refractivity contribution in [2.45, 2.75) is 6.54 Å². The molecule has 2 aromatic carbocycles. The number of carbonyl (C=O) groups is 2. The van der Waals surface area contributed by atoms with E-state index in [4.69, 9.17) is 0 Å². The molecular weight excluding hydrogens is 340 g/mol. The van der Waals surface area contributed by atoms with E-state index in [0.29, 0.717) is 27.9 Å². The molecule has 0 bridgehead atoms. The van der Waals surface area contributed by atoms with Gasteiger partial charge in [0.05, 0.1) is 28.8 Å². The zero-order chi connectivity index (χ0) is 18.4. The van der Waals surface area contributed by atoms with Crippen LogP contribution in [0.25, 0.3) is 22.3 Å². The van der Waals surface area contributed by atoms with Gasteiger partial charge in [0.25, 0.3) is 11.8 Å². The third-order valence-corrected chi connectivity index (χ3v) is 4.76. The number of rotatable bonds is 3. The smallest absolute Gasteiger partial charge is 0.263 e. The van der Waals surface area contributed by atoms with Crippen molar-refractivity contribution < 1.29 is 9.59 Å². The van der Waals surface area contributed by atoms with E-state index in [1.807, 2.05) is 60.7 Å². The highest BCUT2D eigenvalue weighted by Gasteiger charge is 2.38. The first-order valence-corrected chi connectivity index (χ1v) is 8.56. The third kappa shape index (κ3) is 2.34. The fourth-order valence-corrected chi connectivity index (χ4v) is 3.47. The average Bonchev–Trinajstić information content (AvgIpc) is 3.24. The lowest BCUT2D eigenvalue weighted by Gasteiger charge is -2.13. The molecule has 1 N–H and O–H groups in total. The second-order valence-corrected chi connectivity index (χ2v) is 6.39. The van der Waals surface area contributed by atoms with Crippen LogP contribution in [0.3, 0.4) is 0 Å². The van der Waals surface area contributed by atoms with Crippen molar-refractivity contribution in [1.29, 1.82) is 0 Å². The highest BCUT2D eigenvalue weighted by molar-refractivity contribution is 6.27. The van der Waals surface area contributed by atoms with Crippen LogP contribution in [0.15, 0.2) is 66.9 Å². The summed E-state index contributed by atoms with van der Waals surface area (Å²) in [6.07, 6.45) is 1.44. The molecule has 3 heterocycles. The third-order valence-electron chi connectivity index (χ3n) is 4.76. The summed E-state index contributed by atoms with van der Waals surface area (Å²) in [5.74, 6) is -0.640. The zero-order valence-electron chi connectivity index (χ0n) is 14.2. The lowest BCUT2D eigenvalue weighted by Crippen LogP contribution is -2.29. The summed E-state index contributed by atoms with van der Waals surface area (Å²) in [6, 6.07) is 19.0.